The predicted octanol–water partition coefficient (Wildman–Crippen LogP) is 3.70. The normalized spacial score (nSPS) is 18.4. The number of urea groups is 1. The highest BCUT2D eigenvalue weighted by Crippen LogP contribution is 2.35. The highest BCUT2D eigenvalue weighted by Gasteiger charge is 2.41. The van der Waals surface area contributed by atoms with Crippen LogP contribution in [-0.2, 0) is 6.18 Å². The van der Waals surface area contributed by atoms with Crippen molar-refractivity contribution in [1.29, 1.82) is 0 Å². The Bertz CT molecular complexity index is 566. The Morgan fingerprint density at radius 2 is 1.88 bits per heavy atom. The highest BCUT2D eigenvalue weighted by molar-refractivity contribution is 7.15. The van der Waals surface area contributed by atoms with Crippen LogP contribution in [0.3, 0.4) is 0 Å². The topological polar surface area (TPSA) is 61.4 Å². The number of hydrogen-bond acceptors (Lipinski definition) is 5. The summed E-state index contributed by atoms with van der Waals surface area (Å²) in [6.45, 7) is 3.27. The van der Waals surface area contributed by atoms with Gasteiger partial charge >= 0.3 is 12.2 Å². The molecule has 2 amide bonds. The van der Waals surface area contributed by atoms with Crippen LogP contribution in [0.5, 0.6) is 0 Å². The third-order valence-corrected chi connectivity index (χ3v) is 5.03. The molecule has 25 heavy (non-hydrogen) atoms. The standard InChI is InChI=1S/C15H24F3N5OS/c1-3-4-5-6-7-8-9-19-11-10-22(2)14(24)23(11)13-21-20-12(25-13)15(16,17)18/h11,19H,3-10H2,1-2H3. The Kier molecular flexibility index (Phi) is 7.00. The van der Waals surface area contributed by atoms with E-state index in [1.807, 2.05) is 0 Å². The van der Waals surface area contributed by atoms with Crippen molar-refractivity contribution in [3.8, 4) is 0 Å². The lowest BCUT2D eigenvalue weighted by atomic mass is 10.1. The minimum absolute atomic E-state index is 0.0258. The fraction of sp³-hybridized carbons (Fsp3) is 0.800. The SMILES string of the molecule is CCCCCCCCNC1CN(C)C(=O)N1c1nnc(C(F)(F)F)s1. The zero-order valence-electron chi connectivity index (χ0n) is 14.5. The van der Waals surface area contributed by atoms with E-state index in [1.54, 1.807) is 7.05 Å². The van der Waals surface area contributed by atoms with E-state index in [0.717, 1.165) is 12.8 Å². The fourth-order valence-electron chi connectivity index (χ4n) is 2.71. The summed E-state index contributed by atoms with van der Waals surface area (Å²) < 4.78 is 38.1. The number of likely N-dealkylation sites (N-methyl/N-ethyl adjacent to an activating group) is 1. The van der Waals surface area contributed by atoms with Crippen molar-refractivity contribution >= 4 is 22.5 Å². The van der Waals surface area contributed by atoms with E-state index in [4.69, 9.17) is 0 Å². The van der Waals surface area contributed by atoms with Crippen molar-refractivity contribution < 1.29 is 18.0 Å². The molecule has 1 saturated heterocycles. The van der Waals surface area contributed by atoms with Gasteiger partial charge in [-0.05, 0) is 13.0 Å². The van der Waals surface area contributed by atoms with Gasteiger partial charge in [0.2, 0.25) is 10.1 Å². The lowest BCUT2D eigenvalue weighted by Crippen LogP contribution is -2.44. The summed E-state index contributed by atoms with van der Waals surface area (Å²) in [6, 6.07) is -0.370. The molecule has 6 nitrogen and oxygen atoms in total. The quantitative estimate of drug-likeness (QED) is 0.665. The summed E-state index contributed by atoms with van der Waals surface area (Å²) in [7, 11) is 1.62. The fourth-order valence-corrected chi connectivity index (χ4v) is 3.46. The number of amides is 2. The number of carbonyl (C=O) groups excluding carboxylic acids is 1. The van der Waals surface area contributed by atoms with Gasteiger partial charge in [0.15, 0.2) is 0 Å². The van der Waals surface area contributed by atoms with Crippen molar-refractivity contribution in [3.63, 3.8) is 0 Å². The van der Waals surface area contributed by atoms with Crippen LogP contribution in [0.1, 0.15) is 50.5 Å². The Morgan fingerprint density at radius 1 is 1.20 bits per heavy atom. The van der Waals surface area contributed by atoms with E-state index in [0.29, 0.717) is 24.4 Å². The largest absolute Gasteiger partial charge is 0.445 e. The van der Waals surface area contributed by atoms with Crippen LogP contribution in [-0.4, -0.2) is 47.4 Å². The maximum Gasteiger partial charge on any atom is 0.445 e. The second-order valence-corrected chi connectivity index (χ2v) is 7.11. The molecule has 2 rings (SSSR count). The third-order valence-electron chi connectivity index (χ3n) is 4.06. The average molecular weight is 379 g/mol. The molecule has 0 bridgehead atoms. The smallest absolute Gasteiger partial charge is 0.324 e. The second kappa shape index (κ2) is 8.79. The summed E-state index contributed by atoms with van der Waals surface area (Å²) >= 11 is 0.391. The molecule has 1 atom stereocenters. The number of alkyl halides is 3. The monoisotopic (exact) mass is 379 g/mol. The van der Waals surface area contributed by atoms with E-state index < -0.39 is 11.2 Å². The van der Waals surface area contributed by atoms with Crippen molar-refractivity contribution in [2.24, 2.45) is 0 Å². The van der Waals surface area contributed by atoms with Crippen LogP contribution in [0.4, 0.5) is 23.1 Å². The van der Waals surface area contributed by atoms with E-state index in [2.05, 4.69) is 22.4 Å². The molecule has 10 heteroatoms. The lowest BCUT2D eigenvalue weighted by molar-refractivity contribution is -0.138. The lowest BCUT2D eigenvalue weighted by Gasteiger charge is -2.20. The number of nitrogens with one attached hydrogen (secondary N) is 1. The molecule has 1 aromatic heterocycles. The van der Waals surface area contributed by atoms with E-state index in [-0.39, 0.29) is 17.3 Å². The van der Waals surface area contributed by atoms with Gasteiger partial charge in [-0.15, -0.1) is 10.2 Å². The number of rotatable bonds is 9. The van der Waals surface area contributed by atoms with Crippen molar-refractivity contribution in [2.75, 3.05) is 25.0 Å². The average Bonchev–Trinajstić information content (AvgIpc) is 3.12. The second-order valence-electron chi connectivity index (χ2n) is 6.16. The molecule has 2 heterocycles. The van der Waals surface area contributed by atoms with Crippen LogP contribution >= 0.6 is 11.3 Å². The Hall–Kier alpha value is -1.42. The summed E-state index contributed by atoms with van der Waals surface area (Å²) in [5, 5.41) is 8.92. The van der Waals surface area contributed by atoms with Crippen LogP contribution in [0.2, 0.25) is 0 Å². The van der Waals surface area contributed by atoms with Gasteiger partial charge in [0, 0.05) is 7.05 Å². The maximum absolute atomic E-state index is 12.7. The number of halogens is 3. The van der Waals surface area contributed by atoms with Crippen LogP contribution in [0.15, 0.2) is 0 Å². The first-order valence-corrected chi connectivity index (χ1v) is 9.34. The first-order chi connectivity index (χ1) is 11.8. The number of hydrogen-bond donors (Lipinski definition) is 1. The minimum atomic E-state index is -4.55. The van der Waals surface area contributed by atoms with Crippen molar-refractivity contribution in [2.45, 2.75) is 57.8 Å². The number of anilines is 1. The van der Waals surface area contributed by atoms with Crippen molar-refractivity contribution in [3.05, 3.63) is 5.01 Å². The zero-order chi connectivity index (χ0) is 18.4. The molecule has 142 valence electrons. The number of carbonyl (C=O) groups is 1. The molecule has 1 fully saturated rings. The van der Waals surface area contributed by atoms with Gasteiger partial charge in [-0.3, -0.25) is 10.2 Å². The minimum Gasteiger partial charge on any atom is -0.324 e. The molecule has 1 aliphatic heterocycles. The van der Waals surface area contributed by atoms with Crippen LogP contribution in [0, 0.1) is 0 Å². The first kappa shape index (κ1) is 19.9. The molecule has 0 aromatic carbocycles. The third kappa shape index (κ3) is 5.27. The zero-order valence-corrected chi connectivity index (χ0v) is 15.3. The van der Waals surface area contributed by atoms with E-state index >= 15 is 0 Å². The van der Waals surface area contributed by atoms with Gasteiger partial charge in [0.05, 0.1) is 6.54 Å². The number of unbranched alkanes of at least 4 members (excludes halogenated alkanes) is 5. The predicted molar refractivity (Wildman–Crippen MR) is 90.6 cm³/mol. The molecule has 0 saturated carbocycles. The summed E-state index contributed by atoms with van der Waals surface area (Å²) in [5.74, 6) is 0. The summed E-state index contributed by atoms with van der Waals surface area (Å²) in [6.07, 6.45) is 1.96. The molecule has 1 aliphatic rings. The summed E-state index contributed by atoms with van der Waals surface area (Å²) in [5.41, 5.74) is 0. The molecular weight excluding hydrogens is 355 g/mol. The molecule has 0 spiro atoms. The molecule has 1 unspecified atom stereocenters. The maximum atomic E-state index is 12.7. The van der Waals surface area contributed by atoms with E-state index in [1.165, 1.54) is 35.5 Å². The van der Waals surface area contributed by atoms with Gasteiger partial charge in [-0.2, -0.15) is 13.2 Å². The molecule has 0 aliphatic carbocycles. The van der Waals surface area contributed by atoms with Crippen LogP contribution < -0.4 is 10.2 Å². The highest BCUT2D eigenvalue weighted by atomic mass is 32.1. The Labute approximate surface area is 149 Å². The Morgan fingerprint density at radius 3 is 2.52 bits per heavy atom. The number of aromatic nitrogens is 2. The molecule has 0 radical (unpaired) electrons. The van der Waals surface area contributed by atoms with Gasteiger partial charge in [0.25, 0.3) is 0 Å². The molecular formula is C15H24F3N5OS. The molecule has 1 aromatic rings. The number of nitrogens with zero attached hydrogens (tertiary/aromatic N) is 4. The van der Waals surface area contributed by atoms with E-state index in [9.17, 15) is 18.0 Å². The summed E-state index contributed by atoms with van der Waals surface area (Å²) in [4.78, 5) is 15.0. The van der Waals surface area contributed by atoms with Gasteiger partial charge in [-0.25, -0.2) is 4.79 Å². The van der Waals surface area contributed by atoms with Crippen LogP contribution in [0.25, 0.3) is 0 Å². The molecule has 1 N–H and O–H groups in total. The van der Waals surface area contributed by atoms with Gasteiger partial charge in [-0.1, -0.05) is 50.4 Å². The van der Waals surface area contributed by atoms with Gasteiger partial charge in [0.1, 0.15) is 6.17 Å². The van der Waals surface area contributed by atoms with Gasteiger partial charge < -0.3 is 4.90 Å². The Balaban J connectivity index is 1.91. The van der Waals surface area contributed by atoms with Crippen molar-refractivity contribution in [1.82, 2.24) is 20.4 Å². The first-order valence-electron chi connectivity index (χ1n) is 8.53.